The summed E-state index contributed by atoms with van der Waals surface area (Å²) in [6.07, 6.45) is 3.96. The number of nitrogens with one attached hydrogen (secondary N) is 1. The molecule has 0 saturated carbocycles. The van der Waals surface area contributed by atoms with E-state index in [1.54, 1.807) is 18.0 Å². The van der Waals surface area contributed by atoms with E-state index in [2.05, 4.69) is 10.2 Å². The molecule has 4 nitrogen and oxygen atoms in total. The van der Waals surface area contributed by atoms with Gasteiger partial charge in [-0.25, -0.2) is 0 Å². The number of carbonyl (C=O) groups excluding carboxylic acids is 1. The summed E-state index contributed by atoms with van der Waals surface area (Å²) in [7, 11) is 0. The van der Waals surface area contributed by atoms with Gasteiger partial charge in [0.05, 0.1) is 5.75 Å². The number of aromatic amines is 1. The van der Waals surface area contributed by atoms with E-state index >= 15 is 0 Å². The lowest BCUT2D eigenvalue weighted by molar-refractivity contribution is -0.129. The highest BCUT2D eigenvalue weighted by atomic mass is 32.2. The molecule has 1 aromatic carbocycles. The predicted molar refractivity (Wildman–Crippen MR) is 84.3 cm³/mol. The van der Waals surface area contributed by atoms with Crippen LogP contribution in [0.2, 0.25) is 0 Å². The second-order valence-electron chi connectivity index (χ2n) is 5.29. The zero-order valence-corrected chi connectivity index (χ0v) is 12.7. The van der Waals surface area contributed by atoms with Gasteiger partial charge in [-0.1, -0.05) is 18.2 Å². The molecule has 0 unspecified atom stereocenters. The molecule has 1 atom stereocenters. The van der Waals surface area contributed by atoms with Crippen molar-refractivity contribution >= 4 is 17.7 Å². The normalized spacial score (nSPS) is 18.7. The number of aromatic nitrogens is 2. The van der Waals surface area contributed by atoms with Gasteiger partial charge in [-0.3, -0.25) is 9.89 Å². The number of hydrogen-bond donors (Lipinski definition) is 1. The summed E-state index contributed by atoms with van der Waals surface area (Å²) in [5.74, 6) is 1.14. The SMILES string of the molecule is O=C(CSc1ccccc1)N1CCC[C@H](c2ccn[nH]2)C1. The zero-order valence-electron chi connectivity index (χ0n) is 11.9. The first-order valence-electron chi connectivity index (χ1n) is 7.28. The van der Waals surface area contributed by atoms with Crippen LogP contribution in [0.25, 0.3) is 0 Å². The summed E-state index contributed by atoms with van der Waals surface area (Å²) < 4.78 is 0. The summed E-state index contributed by atoms with van der Waals surface area (Å²) in [5, 5.41) is 7.04. The van der Waals surface area contributed by atoms with Gasteiger partial charge in [0.1, 0.15) is 0 Å². The lowest BCUT2D eigenvalue weighted by Gasteiger charge is -2.32. The van der Waals surface area contributed by atoms with Crippen LogP contribution in [0.5, 0.6) is 0 Å². The molecule has 1 fully saturated rings. The average molecular weight is 301 g/mol. The maximum absolute atomic E-state index is 12.4. The van der Waals surface area contributed by atoms with E-state index in [0.717, 1.165) is 36.5 Å². The van der Waals surface area contributed by atoms with Crippen LogP contribution in [0.3, 0.4) is 0 Å². The van der Waals surface area contributed by atoms with Crippen LogP contribution in [0, 0.1) is 0 Å². The first kappa shape index (κ1) is 14.2. The number of benzene rings is 1. The third kappa shape index (κ3) is 3.67. The van der Waals surface area contributed by atoms with E-state index in [0.29, 0.717) is 11.7 Å². The Morgan fingerprint density at radius 1 is 1.33 bits per heavy atom. The summed E-state index contributed by atoms with van der Waals surface area (Å²) in [5.41, 5.74) is 1.14. The lowest BCUT2D eigenvalue weighted by Crippen LogP contribution is -2.40. The number of H-pyrrole nitrogens is 1. The van der Waals surface area contributed by atoms with Gasteiger partial charge < -0.3 is 4.90 Å². The number of piperidine rings is 1. The number of amides is 1. The van der Waals surface area contributed by atoms with Gasteiger partial charge in [0.15, 0.2) is 0 Å². The highest BCUT2D eigenvalue weighted by molar-refractivity contribution is 8.00. The first-order valence-corrected chi connectivity index (χ1v) is 8.26. The van der Waals surface area contributed by atoms with Crippen LogP contribution in [-0.4, -0.2) is 39.8 Å². The molecule has 0 bridgehead atoms. The van der Waals surface area contributed by atoms with Crippen molar-refractivity contribution in [3.05, 3.63) is 48.3 Å². The molecular formula is C16H19N3OS. The topological polar surface area (TPSA) is 49.0 Å². The van der Waals surface area contributed by atoms with Crippen LogP contribution in [-0.2, 0) is 4.79 Å². The van der Waals surface area contributed by atoms with Crippen LogP contribution in [0.15, 0.2) is 47.5 Å². The maximum Gasteiger partial charge on any atom is 0.232 e. The number of nitrogens with zero attached hydrogens (tertiary/aromatic N) is 2. The van der Waals surface area contributed by atoms with Gasteiger partial charge in [-0.2, -0.15) is 5.10 Å². The average Bonchev–Trinajstić information content (AvgIpc) is 3.08. The first-order chi connectivity index (χ1) is 10.3. The molecule has 0 aliphatic carbocycles. The maximum atomic E-state index is 12.4. The number of rotatable bonds is 4. The lowest BCUT2D eigenvalue weighted by atomic mass is 9.95. The number of likely N-dealkylation sites (tertiary alicyclic amines) is 1. The summed E-state index contributed by atoms with van der Waals surface area (Å²) >= 11 is 1.61. The molecule has 0 radical (unpaired) electrons. The van der Waals surface area contributed by atoms with Crippen molar-refractivity contribution in [2.24, 2.45) is 0 Å². The Bertz CT molecular complexity index is 570. The standard InChI is InChI=1S/C16H19N3OS/c20-16(12-21-14-6-2-1-3-7-14)19-10-4-5-13(11-19)15-8-9-17-18-15/h1-3,6-9,13H,4-5,10-12H2,(H,17,18)/t13-/m0/s1. The second-order valence-corrected chi connectivity index (χ2v) is 6.34. The Labute approximate surface area is 128 Å². The van der Waals surface area contributed by atoms with Crippen LogP contribution in [0.4, 0.5) is 0 Å². The molecule has 5 heteroatoms. The van der Waals surface area contributed by atoms with Crippen LogP contribution in [0.1, 0.15) is 24.5 Å². The number of hydrogen-bond acceptors (Lipinski definition) is 3. The van der Waals surface area contributed by atoms with E-state index in [1.165, 1.54) is 0 Å². The Kier molecular flexibility index (Phi) is 4.60. The summed E-state index contributed by atoms with van der Waals surface area (Å²) in [6.45, 7) is 1.68. The molecule has 1 amide bonds. The molecule has 1 N–H and O–H groups in total. The largest absolute Gasteiger partial charge is 0.341 e. The smallest absolute Gasteiger partial charge is 0.232 e. The van der Waals surface area contributed by atoms with E-state index in [-0.39, 0.29) is 5.91 Å². The second kappa shape index (κ2) is 6.80. The van der Waals surface area contributed by atoms with Crippen LogP contribution >= 0.6 is 11.8 Å². The van der Waals surface area contributed by atoms with Crippen molar-refractivity contribution < 1.29 is 4.79 Å². The van der Waals surface area contributed by atoms with Crippen molar-refractivity contribution in [2.45, 2.75) is 23.7 Å². The van der Waals surface area contributed by atoms with Gasteiger partial charge in [0, 0.05) is 35.8 Å². The fourth-order valence-corrected chi connectivity index (χ4v) is 3.53. The molecule has 0 spiro atoms. The Morgan fingerprint density at radius 2 is 2.19 bits per heavy atom. The minimum absolute atomic E-state index is 0.230. The number of thioether (sulfide) groups is 1. The third-order valence-corrected chi connectivity index (χ3v) is 4.84. The zero-order chi connectivity index (χ0) is 14.5. The van der Waals surface area contributed by atoms with Gasteiger partial charge in [-0.15, -0.1) is 11.8 Å². The van der Waals surface area contributed by atoms with Crippen molar-refractivity contribution in [1.82, 2.24) is 15.1 Å². The van der Waals surface area contributed by atoms with Crippen LogP contribution < -0.4 is 0 Å². The van der Waals surface area contributed by atoms with Crippen molar-refractivity contribution in [3.8, 4) is 0 Å². The van der Waals surface area contributed by atoms with E-state index in [9.17, 15) is 4.79 Å². The van der Waals surface area contributed by atoms with Gasteiger partial charge in [-0.05, 0) is 31.0 Å². The highest BCUT2D eigenvalue weighted by Crippen LogP contribution is 2.26. The third-order valence-electron chi connectivity index (χ3n) is 3.84. The molecule has 1 aliphatic rings. The molecule has 2 aromatic rings. The molecule has 1 saturated heterocycles. The van der Waals surface area contributed by atoms with E-state index in [4.69, 9.17) is 0 Å². The molecule has 110 valence electrons. The van der Waals surface area contributed by atoms with Crippen molar-refractivity contribution in [3.63, 3.8) is 0 Å². The van der Waals surface area contributed by atoms with Gasteiger partial charge in [0.25, 0.3) is 0 Å². The predicted octanol–water partition coefficient (Wildman–Crippen LogP) is 2.91. The van der Waals surface area contributed by atoms with Gasteiger partial charge in [0.2, 0.25) is 5.91 Å². The Hall–Kier alpha value is -1.75. The number of carbonyl (C=O) groups is 1. The van der Waals surface area contributed by atoms with Crippen molar-refractivity contribution in [1.29, 1.82) is 0 Å². The summed E-state index contributed by atoms with van der Waals surface area (Å²) in [4.78, 5) is 15.5. The minimum Gasteiger partial charge on any atom is -0.341 e. The van der Waals surface area contributed by atoms with Gasteiger partial charge >= 0.3 is 0 Å². The van der Waals surface area contributed by atoms with Crippen molar-refractivity contribution in [2.75, 3.05) is 18.8 Å². The quantitative estimate of drug-likeness (QED) is 0.883. The molecule has 2 heterocycles. The van der Waals surface area contributed by atoms with E-state index in [1.807, 2.05) is 41.3 Å². The molecule has 1 aliphatic heterocycles. The summed E-state index contributed by atoms with van der Waals surface area (Å²) in [6, 6.07) is 12.1. The minimum atomic E-state index is 0.230. The van der Waals surface area contributed by atoms with E-state index < -0.39 is 0 Å². The molecule has 3 rings (SSSR count). The molecule has 21 heavy (non-hydrogen) atoms. The fraction of sp³-hybridized carbons (Fsp3) is 0.375. The fourth-order valence-electron chi connectivity index (χ4n) is 2.70. The highest BCUT2D eigenvalue weighted by Gasteiger charge is 2.25. The molecule has 1 aromatic heterocycles. The monoisotopic (exact) mass is 301 g/mol. The Morgan fingerprint density at radius 3 is 2.95 bits per heavy atom. The Balaban J connectivity index is 1.55. The molecular weight excluding hydrogens is 282 g/mol.